The van der Waals surface area contributed by atoms with Gasteiger partial charge in [-0.3, -0.25) is 4.79 Å². The van der Waals surface area contributed by atoms with Crippen LogP contribution in [-0.2, 0) is 11.0 Å². The van der Waals surface area contributed by atoms with Crippen molar-refractivity contribution < 1.29 is 27.4 Å². The van der Waals surface area contributed by atoms with Crippen LogP contribution in [0.4, 0.5) is 19.1 Å². The molecule has 2 aliphatic heterocycles. The predicted octanol–water partition coefficient (Wildman–Crippen LogP) is 3.34. The van der Waals surface area contributed by atoms with Gasteiger partial charge in [0.1, 0.15) is 19.3 Å². The second-order valence-electron chi connectivity index (χ2n) is 7.46. The molecule has 1 aromatic heterocycles. The van der Waals surface area contributed by atoms with Gasteiger partial charge in [0.25, 0.3) is 5.82 Å². The summed E-state index contributed by atoms with van der Waals surface area (Å²) in [5.74, 6) is -0.252. The highest BCUT2D eigenvalue weighted by atomic mass is 19.4. The maximum atomic E-state index is 13.3. The molecule has 2 unspecified atom stereocenters. The second-order valence-corrected chi connectivity index (χ2v) is 7.46. The molecular formula is C19H17F3N4O3. The fourth-order valence-electron chi connectivity index (χ4n) is 4.06. The lowest BCUT2D eigenvalue weighted by Crippen LogP contribution is -2.33. The van der Waals surface area contributed by atoms with Crippen LogP contribution in [-0.4, -0.2) is 33.8 Å². The Morgan fingerprint density at radius 2 is 1.93 bits per heavy atom. The molecular weight excluding hydrogens is 389 g/mol. The number of hydrogen-bond acceptors (Lipinski definition) is 6. The zero-order chi connectivity index (χ0) is 20.3. The number of benzene rings is 1. The van der Waals surface area contributed by atoms with Gasteiger partial charge in [-0.05, 0) is 30.0 Å². The van der Waals surface area contributed by atoms with Crippen LogP contribution in [0.5, 0.6) is 11.5 Å². The first kappa shape index (κ1) is 18.0. The molecule has 2 atom stereocenters. The van der Waals surface area contributed by atoms with Crippen molar-refractivity contribution in [3.8, 4) is 11.5 Å². The van der Waals surface area contributed by atoms with Crippen LogP contribution < -0.4 is 14.8 Å². The van der Waals surface area contributed by atoms with Gasteiger partial charge >= 0.3 is 6.18 Å². The molecule has 0 saturated carbocycles. The molecule has 0 radical (unpaired) electrons. The van der Waals surface area contributed by atoms with Crippen molar-refractivity contribution in [3.05, 3.63) is 40.9 Å². The lowest BCUT2D eigenvalue weighted by molar-refractivity contribution is -0.145. The maximum Gasteiger partial charge on any atom is 0.453 e. The zero-order valence-electron chi connectivity index (χ0n) is 15.4. The Morgan fingerprint density at radius 1 is 1.17 bits per heavy atom. The number of carbonyl (C=O) groups excluding carboxylic acids is 1. The highest BCUT2D eigenvalue weighted by Gasteiger charge is 2.43. The number of rotatable bonds is 1. The van der Waals surface area contributed by atoms with Gasteiger partial charge in [0.05, 0.1) is 0 Å². The summed E-state index contributed by atoms with van der Waals surface area (Å²) in [7, 11) is 0. The Labute approximate surface area is 163 Å². The smallest absolute Gasteiger partial charge is 0.453 e. The summed E-state index contributed by atoms with van der Waals surface area (Å²) >= 11 is 0. The normalized spacial score (nSPS) is 23.4. The van der Waals surface area contributed by atoms with Crippen LogP contribution in [0.1, 0.15) is 37.2 Å². The first-order valence-corrected chi connectivity index (χ1v) is 9.28. The van der Waals surface area contributed by atoms with Gasteiger partial charge in [-0.15, -0.1) is 5.10 Å². The van der Waals surface area contributed by atoms with Crippen LogP contribution >= 0.6 is 0 Å². The number of nitrogens with zero attached hydrogens (tertiary/aromatic N) is 3. The number of nitrogens with one attached hydrogen (secondary N) is 1. The van der Waals surface area contributed by atoms with Crippen LogP contribution in [0.3, 0.4) is 0 Å². The number of halogens is 3. The van der Waals surface area contributed by atoms with Gasteiger partial charge in [-0.1, -0.05) is 13.0 Å². The highest BCUT2D eigenvalue weighted by molar-refractivity contribution is 5.99. The van der Waals surface area contributed by atoms with E-state index < -0.39 is 18.0 Å². The highest BCUT2D eigenvalue weighted by Crippen LogP contribution is 2.44. The third-order valence-electron chi connectivity index (χ3n) is 5.26. The molecule has 3 aliphatic rings. The van der Waals surface area contributed by atoms with E-state index in [1.54, 1.807) is 18.2 Å². The average molecular weight is 406 g/mol. The molecule has 152 valence electrons. The van der Waals surface area contributed by atoms with E-state index in [0.717, 1.165) is 4.68 Å². The number of aromatic nitrogens is 3. The lowest BCUT2D eigenvalue weighted by Gasteiger charge is -2.34. The van der Waals surface area contributed by atoms with Gasteiger partial charge in [0.15, 0.2) is 17.3 Å². The Balaban J connectivity index is 1.68. The van der Waals surface area contributed by atoms with Crippen molar-refractivity contribution in [2.75, 3.05) is 18.5 Å². The Hall–Kier alpha value is -3.04. The second kappa shape index (κ2) is 6.23. The van der Waals surface area contributed by atoms with Crippen LogP contribution in [0.15, 0.2) is 29.5 Å². The van der Waals surface area contributed by atoms with Crippen molar-refractivity contribution in [2.45, 2.75) is 32.0 Å². The van der Waals surface area contributed by atoms with Gasteiger partial charge in [-0.2, -0.15) is 18.2 Å². The molecule has 5 rings (SSSR count). The monoisotopic (exact) mass is 406 g/mol. The Kier molecular flexibility index (Phi) is 3.87. The summed E-state index contributed by atoms with van der Waals surface area (Å²) < 4.78 is 52.0. The van der Waals surface area contributed by atoms with Gasteiger partial charge in [-0.25, -0.2) is 4.68 Å². The van der Waals surface area contributed by atoms with Crippen LogP contribution in [0.2, 0.25) is 0 Å². The topological polar surface area (TPSA) is 78.3 Å². The lowest BCUT2D eigenvalue weighted by atomic mass is 9.81. The third kappa shape index (κ3) is 2.93. The SMILES string of the molecule is CC1CC(=O)C2=C(C1)Nc1nc(C(F)(F)F)nn1C2c1ccc2c(c1)OCCO2. The summed E-state index contributed by atoms with van der Waals surface area (Å²) in [6.07, 6.45) is -3.81. The number of ketones is 1. The average Bonchev–Trinajstić information content (AvgIpc) is 3.10. The quantitative estimate of drug-likeness (QED) is 0.783. The maximum absolute atomic E-state index is 13.3. The van der Waals surface area contributed by atoms with Crippen molar-refractivity contribution in [2.24, 2.45) is 5.92 Å². The number of Topliss-reactive ketones (excluding diaryl/α,β-unsaturated/α-hetero) is 1. The minimum absolute atomic E-state index is 0.0298. The van der Waals surface area contributed by atoms with Gasteiger partial charge in [0.2, 0.25) is 5.95 Å². The van der Waals surface area contributed by atoms with E-state index in [2.05, 4.69) is 15.4 Å². The Bertz CT molecular complexity index is 1040. The fraction of sp³-hybridized carbons (Fsp3) is 0.421. The van der Waals surface area contributed by atoms with E-state index in [0.29, 0.717) is 54.4 Å². The van der Waals surface area contributed by atoms with E-state index in [1.807, 2.05) is 6.92 Å². The van der Waals surface area contributed by atoms with Crippen LogP contribution in [0.25, 0.3) is 0 Å². The predicted molar refractivity (Wildman–Crippen MR) is 94.6 cm³/mol. The summed E-state index contributed by atoms with van der Waals surface area (Å²) in [6.45, 7) is 2.73. The van der Waals surface area contributed by atoms with Crippen molar-refractivity contribution >= 4 is 11.7 Å². The standard InChI is InChI=1S/C19H17F3N4O3/c1-9-6-11-15(12(27)7-9)16(10-2-3-13-14(8-10)29-5-4-28-13)26-18(23-11)24-17(25-26)19(20,21)22/h2-3,8-9,16H,4-7H2,1H3,(H,23,24,25). The van der Waals surface area contributed by atoms with E-state index >= 15 is 0 Å². The summed E-state index contributed by atoms with van der Waals surface area (Å²) in [4.78, 5) is 16.5. The molecule has 7 nitrogen and oxygen atoms in total. The first-order chi connectivity index (χ1) is 13.8. The molecule has 1 N–H and O–H groups in total. The van der Waals surface area contributed by atoms with Crippen molar-refractivity contribution in [1.29, 1.82) is 0 Å². The Morgan fingerprint density at radius 3 is 2.69 bits per heavy atom. The number of hydrogen-bond donors (Lipinski definition) is 1. The number of ether oxygens (including phenoxy) is 2. The molecule has 0 amide bonds. The molecule has 0 spiro atoms. The van der Waals surface area contributed by atoms with E-state index in [1.165, 1.54) is 0 Å². The number of alkyl halides is 3. The molecule has 29 heavy (non-hydrogen) atoms. The van der Waals surface area contributed by atoms with E-state index in [9.17, 15) is 18.0 Å². The third-order valence-corrected chi connectivity index (χ3v) is 5.26. The minimum atomic E-state index is -4.69. The molecule has 0 bridgehead atoms. The van der Waals surface area contributed by atoms with E-state index in [-0.39, 0.29) is 17.6 Å². The molecule has 10 heteroatoms. The first-order valence-electron chi connectivity index (χ1n) is 9.28. The van der Waals surface area contributed by atoms with Crippen molar-refractivity contribution in [1.82, 2.24) is 14.8 Å². The van der Waals surface area contributed by atoms with Crippen molar-refractivity contribution in [3.63, 3.8) is 0 Å². The number of fused-ring (bicyclic) bond motifs is 2. The molecule has 1 aromatic carbocycles. The van der Waals surface area contributed by atoms with E-state index in [4.69, 9.17) is 9.47 Å². The minimum Gasteiger partial charge on any atom is -0.486 e. The molecule has 0 saturated heterocycles. The van der Waals surface area contributed by atoms with Gasteiger partial charge < -0.3 is 14.8 Å². The van der Waals surface area contributed by atoms with Crippen LogP contribution in [0, 0.1) is 5.92 Å². The molecule has 0 fully saturated rings. The number of anilines is 1. The summed E-state index contributed by atoms with van der Waals surface area (Å²) in [6, 6.07) is 4.29. The number of carbonyl (C=O) groups is 1. The molecule has 2 aromatic rings. The fourth-order valence-corrected chi connectivity index (χ4v) is 4.06. The number of allylic oxidation sites excluding steroid dienone is 2. The zero-order valence-corrected chi connectivity index (χ0v) is 15.4. The molecule has 3 heterocycles. The largest absolute Gasteiger partial charge is 0.486 e. The van der Waals surface area contributed by atoms with Gasteiger partial charge in [0, 0.05) is 17.7 Å². The summed E-state index contributed by atoms with van der Waals surface area (Å²) in [5.41, 5.74) is 1.61. The molecule has 1 aliphatic carbocycles. The summed E-state index contributed by atoms with van der Waals surface area (Å²) in [5, 5.41) is 6.60.